The average Bonchev–Trinajstić information content (AvgIpc) is 3.65. The number of ether oxygens (including phenoxy) is 1. The summed E-state index contributed by atoms with van der Waals surface area (Å²) in [6.45, 7) is 4.34. The van der Waals surface area contributed by atoms with Gasteiger partial charge in [0, 0.05) is 23.7 Å². The quantitative estimate of drug-likeness (QED) is 0.333. The lowest BCUT2D eigenvalue weighted by Crippen LogP contribution is -2.30. The maximum absolute atomic E-state index is 13.2. The fourth-order valence-corrected chi connectivity index (χ4v) is 5.22. The summed E-state index contributed by atoms with van der Waals surface area (Å²) < 4.78 is 9.78. The molecule has 1 aromatic carbocycles. The lowest BCUT2D eigenvalue weighted by atomic mass is 10.1. The third kappa shape index (κ3) is 4.61. The number of hydrogen-bond acceptors (Lipinski definition) is 6. The number of anilines is 1. The number of likely N-dealkylation sites (N-methyl/N-ethyl adjacent to an activating group) is 1. The Morgan fingerprint density at radius 1 is 1.13 bits per heavy atom. The normalized spacial score (nSPS) is 15.9. The predicted octanol–water partition coefficient (Wildman–Crippen LogP) is 4.42. The van der Waals surface area contributed by atoms with E-state index < -0.39 is 0 Å². The lowest BCUT2D eigenvalue weighted by Gasteiger charge is -2.19. The summed E-state index contributed by atoms with van der Waals surface area (Å²) in [6, 6.07) is 17.9. The molecule has 1 atom stereocenters. The molecule has 38 heavy (non-hydrogen) atoms. The molecule has 4 aromatic heterocycles. The number of amides is 1. The molecule has 5 heterocycles. The predicted molar refractivity (Wildman–Crippen MR) is 147 cm³/mol. The van der Waals surface area contributed by atoms with Crippen LogP contribution in [-0.4, -0.2) is 61.2 Å². The maximum atomic E-state index is 13.2. The number of carbonyl (C=O) groups excluding carboxylic acids is 1. The molecule has 0 spiro atoms. The van der Waals surface area contributed by atoms with Gasteiger partial charge in [0.1, 0.15) is 17.9 Å². The van der Waals surface area contributed by atoms with E-state index in [1.807, 2.05) is 65.5 Å². The first-order valence-corrected chi connectivity index (χ1v) is 13.1. The van der Waals surface area contributed by atoms with Crippen LogP contribution in [0.1, 0.15) is 41.6 Å². The molecule has 1 N–H and O–H groups in total. The van der Waals surface area contributed by atoms with Crippen molar-refractivity contribution in [3.05, 3.63) is 84.1 Å². The molecule has 0 unspecified atom stereocenters. The molecule has 1 amide bonds. The number of hydrogen-bond donors (Lipinski definition) is 1. The Hall–Kier alpha value is -4.24. The van der Waals surface area contributed by atoms with Gasteiger partial charge >= 0.3 is 0 Å². The number of imidazole rings is 1. The summed E-state index contributed by atoms with van der Waals surface area (Å²) in [5, 5.41) is 8.93. The largest absolute Gasteiger partial charge is 0.476 e. The number of benzene rings is 1. The van der Waals surface area contributed by atoms with Crippen molar-refractivity contribution >= 4 is 28.1 Å². The SMILES string of the molecule is CCc1nn(Cc2cccc(OC[C@@H]3CCCN3C)n2)c2cccc(NC(=O)c3cnc4ccccn34)c12. The van der Waals surface area contributed by atoms with Crippen LogP contribution in [0.2, 0.25) is 0 Å². The van der Waals surface area contributed by atoms with Gasteiger partial charge in [-0.1, -0.05) is 25.1 Å². The highest BCUT2D eigenvalue weighted by Gasteiger charge is 2.22. The first-order chi connectivity index (χ1) is 18.6. The van der Waals surface area contributed by atoms with Crippen LogP contribution >= 0.6 is 0 Å². The molecule has 1 saturated heterocycles. The molecule has 0 saturated carbocycles. The van der Waals surface area contributed by atoms with Crippen LogP contribution in [0.5, 0.6) is 5.88 Å². The summed E-state index contributed by atoms with van der Waals surface area (Å²) >= 11 is 0. The molecule has 0 bridgehead atoms. The summed E-state index contributed by atoms with van der Waals surface area (Å²) in [7, 11) is 2.15. The highest BCUT2D eigenvalue weighted by atomic mass is 16.5. The third-order valence-electron chi connectivity index (χ3n) is 7.27. The Bertz CT molecular complexity index is 1610. The molecule has 0 aliphatic carbocycles. The van der Waals surface area contributed by atoms with Crippen molar-refractivity contribution in [1.29, 1.82) is 0 Å². The number of pyridine rings is 2. The van der Waals surface area contributed by atoms with Crippen LogP contribution < -0.4 is 10.1 Å². The molecule has 1 aliphatic rings. The zero-order valence-corrected chi connectivity index (χ0v) is 21.7. The molecule has 0 radical (unpaired) electrons. The average molecular weight is 510 g/mol. The van der Waals surface area contributed by atoms with Crippen molar-refractivity contribution in [2.45, 2.75) is 38.8 Å². The van der Waals surface area contributed by atoms with Gasteiger partial charge in [-0.3, -0.25) is 13.9 Å². The van der Waals surface area contributed by atoms with Gasteiger partial charge in [0.05, 0.1) is 35.3 Å². The highest BCUT2D eigenvalue weighted by molar-refractivity contribution is 6.08. The summed E-state index contributed by atoms with van der Waals surface area (Å²) in [5.41, 5.74) is 4.67. The number of fused-ring (bicyclic) bond motifs is 2. The van der Waals surface area contributed by atoms with Crippen LogP contribution in [0.15, 0.2) is 67.0 Å². The summed E-state index contributed by atoms with van der Waals surface area (Å²) in [4.78, 5) is 24.7. The highest BCUT2D eigenvalue weighted by Crippen LogP contribution is 2.29. The van der Waals surface area contributed by atoms with Crippen LogP contribution in [0.3, 0.4) is 0 Å². The van der Waals surface area contributed by atoms with Crippen molar-refractivity contribution in [3.8, 4) is 5.88 Å². The Morgan fingerprint density at radius 2 is 2.03 bits per heavy atom. The van der Waals surface area contributed by atoms with E-state index >= 15 is 0 Å². The molecular formula is C29H31N7O2. The minimum Gasteiger partial charge on any atom is -0.476 e. The van der Waals surface area contributed by atoms with Crippen molar-refractivity contribution in [3.63, 3.8) is 0 Å². The Kier molecular flexibility index (Phi) is 6.51. The van der Waals surface area contributed by atoms with Crippen LogP contribution in [0.25, 0.3) is 16.6 Å². The molecule has 194 valence electrons. The van der Waals surface area contributed by atoms with E-state index in [0.29, 0.717) is 30.8 Å². The zero-order valence-electron chi connectivity index (χ0n) is 21.7. The monoisotopic (exact) mass is 509 g/mol. The van der Waals surface area contributed by atoms with Crippen LogP contribution in [0.4, 0.5) is 5.69 Å². The third-order valence-corrected chi connectivity index (χ3v) is 7.27. The van der Waals surface area contributed by atoms with Gasteiger partial charge < -0.3 is 15.0 Å². The maximum Gasteiger partial charge on any atom is 0.274 e. The second-order valence-corrected chi connectivity index (χ2v) is 9.74. The van der Waals surface area contributed by atoms with E-state index in [-0.39, 0.29) is 5.91 Å². The molecule has 1 aliphatic heterocycles. The van der Waals surface area contributed by atoms with E-state index in [0.717, 1.165) is 53.0 Å². The van der Waals surface area contributed by atoms with E-state index in [9.17, 15) is 4.79 Å². The molecule has 6 rings (SSSR count). The van der Waals surface area contributed by atoms with Crippen molar-refractivity contribution in [2.75, 3.05) is 25.5 Å². The van der Waals surface area contributed by atoms with Crippen molar-refractivity contribution in [1.82, 2.24) is 29.0 Å². The van der Waals surface area contributed by atoms with Gasteiger partial charge in [0.15, 0.2) is 0 Å². The Morgan fingerprint density at radius 3 is 2.87 bits per heavy atom. The number of carbonyl (C=O) groups is 1. The standard InChI is InChI=1S/C29H31N7O2/c1-3-22-28-23(32-29(37)25-17-30-26-13-4-5-16-35(25)26)11-7-12-24(28)36(33-22)18-20-9-6-14-27(31-20)38-19-21-10-8-15-34(21)2/h4-7,9,11-14,16-17,21H,3,8,10,15,18-19H2,1-2H3,(H,32,37)/t21-/m0/s1. The minimum absolute atomic E-state index is 0.217. The van der Waals surface area contributed by atoms with Gasteiger partial charge in [-0.25, -0.2) is 9.97 Å². The Labute approximate surface area is 221 Å². The molecule has 1 fully saturated rings. The van der Waals surface area contributed by atoms with Gasteiger partial charge in [-0.15, -0.1) is 0 Å². The van der Waals surface area contributed by atoms with Gasteiger partial charge in [-0.05, 0) is 63.2 Å². The fourth-order valence-electron chi connectivity index (χ4n) is 5.22. The number of likely N-dealkylation sites (tertiary alicyclic amines) is 1. The van der Waals surface area contributed by atoms with Crippen LogP contribution in [-0.2, 0) is 13.0 Å². The van der Waals surface area contributed by atoms with Gasteiger partial charge in [-0.2, -0.15) is 5.10 Å². The van der Waals surface area contributed by atoms with Crippen molar-refractivity contribution in [2.24, 2.45) is 0 Å². The van der Waals surface area contributed by atoms with Crippen LogP contribution in [0, 0.1) is 0 Å². The molecule has 5 aromatic rings. The number of nitrogens with one attached hydrogen (secondary N) is 1. The first-order valence-electron chi connectivity index (χ1n) is 13.1. The Balaban J connectivity index is 1.25. The first kappa shape index (κ1) is 24.1. The topological polar surface area (TPSA) is 89.6 Å². The van der Waals surface area contributed by atoms with E-state index in [4.69, 9.17) is 14.8 Å². The minimum atomic E-state index is -0.217. The number of aromatic nitrogens is 5. The van der Waals surface area contributed by atoms with Gasteiger partial charge in [0.2, 0.25) is 5.88 Å². The lowest BCUT2D eigenvalue weighted by molar-refractivity contribution is 0.102. The molecular weight excluding hydrogens is 478 g/mol. The number of rotatable bonds is 8. The fraction of sp³-hybridized carbons (Fsp3) is 0.310. The molecule has 9 heteroatoms. The van der Waals surface area contributed by atoms with E-state index in [1.165, 1.54) is 6.42 Å². The van der Waals surface area contributed by atoms with Crippen molar-refractivity contribution < 1.29 is 9.53 Å². The number of aryl methyl sites for hydroxylation is 1. The summed E-state index contributed by atoms with van der Waals surface area (Å²) in [5.74, 6) is 0.418. The van der Waals surface area contributed by atoms with E-state index in [2.05, 4.69) is 29.2 Å². The number of nitrogens with zero attached hydrogens (tertiary/aromatic N) is 6. The zero-order chi connectivity index (χ0) is 26.1. The molecule has 9 nitrogen and oxygen atoms in total. The smallest absolute Gasteiger partial charge is 0.274 e. The van der Waals surface area contributed by atoms with Gasteiger partial charge in [0.25, 0.3) is 5.91 Å². The summed E-state index contributed by atoms with van der Waals surface area (Å²) in [6.07, 6.45) is 6.54. The van der Waals surface area contributed by atoms with E-state index in [1.54, 1.807) is 10.6 Å². The second kappa shape index (κ2) is 10.3. The second-order valence-electron chi connectivity index (χ2n) is 9.74.